The van der Waals surface area contributed by atoms with Gasteiger partial charge in [0, 0.05) is 17.4 Å². The molecule has 0 unspecified atom stereocenters. The van der Waals surface area contributed by atoms with Gasteiger partial charge in [-0.3, -0.25) is 4.79 Å². The van der Waals surface area contributed by atoms with Crippen molar-refractivity contribution in [3.63, 3.8) is 0 Å². The average molecular weight is 288 g/mol. The molecule has 0 atom stereocenters. The van der Waals surface area contributed by atoms with Crippen LogP contribution >= 0.6 is 11.5 Å². The fourth-order valence-electron chi connectivity index (χ4n) is 2.34. The lowest BCUT2D eigenvalue weighted by Crippen LogP contribution is -2.24. The normalized spacial score (nSPS) is 15.6. The predicted octanol–water partition coefficient (Wildman–Crippen LogP) is 3.42. The standard InChI is InChI=1S/C15H16N2O2S/c1-9-12(8-20-17-9)16-14(18)10-4-5-11-7-15(2,3)19-13(11)6-10/h4-6,8H,7H2,1-3H3,(H,16,18). The third-order valence-electron chi connectivity index (χ3n) is 3.33. The number of rotatable bonds is 2. The number of aromatic nitrogens is 1. The van der Waals surface area contributed by atoms with Crippen LogP contribution < -0.4 is 10.1 Å². The molecule has 2 aromatic rings. The quantitative estimate of drug-likeness (QED) is 0.921. The van der Waals surface area contributed by atoms with E-state index in [1.54, 1.807) is 0 Å². The zero-order valence-corrected chi connectivity index (χ0v) is 12.5. The van der Waals surface area contributed by atoms with Crippen molar-refractivity contribution in [1.82, 2.24) is 4.37 Å². The van der Waals surface area contributed by atoms with Gasteiger partial charge >= 0.3 is 0 Å². The first-order valence-corrected chi connectivity index (χ1v) is 7.32. The summed E-state index contributed by atoms with van der Waals surface area (Å²) in [7, 11) is 0. The molecule has 1 aromatic carbocycles. The molecule has 1 aromatic heterocycles. The highest BCUT2D eigenvalue weighted by Gasteiger charge is 2.30. The minimum Gasteiger partial charge on any atom is -0.487 e. The van der Waals surface area contributed by atoms with Gasteiger partial charge < -0.3 is 10.1 Å². The van der Waals surface area contributed by atoms with Crippen LogP contribution in [-0.4, -0.2) is 15.9 Å². The van der Waals surface area contributed by atoms with Gasteiger partial charge in [-0.15, -0.1) is 0 Å². The lowest BCUT2D eigenvalue weighted by Gasteiger charge is -2.16. The zero-order valence-electron chi connectivity index (χ0n) is 11.7. The van der Waals surface area contributed by atoms with Gasteiger partial charge in [0.05, 0.1) is 11.4 Å². The van der Waals surface area contributed by atoms with E-state index in [1.807, 2.05) is 44.4 Å². The first kappa shape index (κ1) is 13.1. The highest BCUT2D eigenvalue weighted by Crippen LogP contribution is 2.35. The molecule has 0 saturated carbocycles. The molecule has 0 fully saturated rings. The van der Waals surface area contributed by atoms with E-state index in [1.165, 1.54) is 11.5 Å². The van der Waals surface area contributed by atoms with Crippen LogP contribution in [0.5, 0.6) is 5.75 Å². The molecule has 1 aliphatic heterocycles. The van der Waals surface area contributed by atoms with E-state index in [2.05, 4.69) is 9.69 Å². The van der Waals surface area contributed by atoms with E-state index in [4.69, 9.17) is 4.74 Å². The average Bonchev–Trinajstić information content (AvgIpc) is 2.90. The summed E-state index contributed by atoms with van der Waals surface area (Å²) in [5, 5.41) is 4.71. The van der Waals surface area contributed by atoms with E-state index in [-0.39, 0.29) is 11.5 Å². The van der Waals surface area contributed by atoms with Gasteiger partial charge in [0.2, 0.25) is 0 Å². The molecule has 3 rings (SSSR count). The Balaban J connectivity index is 1.82. The molecule has 5 heteroatoms. The second-order valence-electron chi connectivity index (χ2n) is 5.63. The molecule has 0 spiro atoms. The van der Waals surface area contributed by atoms with Gasteiger partial charge in [-0.05, 0) is 50.0 Å². The van der Waals surface area contributed by atoms with E-state index in [0.717, 1.165) is 29.1 Å². The van der Waals surface area contributed by atoms with E-state index in [9.17, 15) is 4.79 Å². The molecule has 1 amide bonds. The number of anilines is 1. The van der Waals surface area contributed by atoms with Gasteiger partial charge in [-0.2, -0.15) is 4.37 Å². The Morgan fingerprint density at radius 3 is 2.95 bits per heavy atom. The van der Waals surface area contributed by atoms with Crippen molar-refractivity contribution < 1.29 is 9.53 Å². The number of aryl methyl sites for hydroxylation is 1. The smallest absolute Gasteiger partial charge is 0.255 e. The Kier molecular flexibility index (Phi) is 3.01. The molecule has 0 bridgehead atoms. The van der Waals surface area contributed by atoms with Crippen molar-refractivity contribution in [2.75, 3.05) is 5.32 Å². The number of benzene rings is 1. The predicted molar refractivity (Wildman–Crippen MR) is 79.7 cm³/mol. The number of carbonyl (C=O) groups excluding carboxylic acids is 1. The lowest BCUT2D eigenvalue weighted by molar-refractivity contribution is 0.102. The number of carbonyl (C=O) groups is 1. The van der Waals surface area contributed by atoms with Crippen molar-refractivity contribution >= 4 is 23.1 Å². The van der Waals surface area contributed by atoms with E-state index < -0.39 is 0 Å². The Labute approximate surface area is 121 Å². The summed E-state index contributed by atoms with van der Waals surface area (Å²) < 4.78 is 10.00. The van der Waals surface area contributed by atoms with Gasteiger partial charge in [0.25, 0.3) is 5.91 Å². The van der Waals surface area contributed by atoms with Crippen LogP contribution in [0.4, 0.5) is 5.69 Å². The summed E-state index contributed by atoms with van der Waals surface area (Å²) in [6.45, 7) is 5.97. The van der Waals surface area contributed by atoms with Crippen LogP contribution in [0, 0.1) is 6.92 Å². The third kappa shape index (κ3) is 2.41. The van der Waals surface area contributed by atoms with Gasteiger partial charge in [0.1, 0.15) is 11.4 Å². The van der Waals surface area contributed by atoms with Crippen LogP contribution in [0.3, 0.4) is 0 Å². The van der Waals surface area contributed by atoms with Crippen LogP contribution in [0.15, 0.2) is 23.6 Å². The fraction of sp³-hybridized carbons (Fsp3) is 0.333. The molecular weight excluding hydrogens is 272 g/mol. The molecule has 2 heterocycles. The topological polar surface area (TPSA) is 51.2 Å². The van der Waals surface area contributed by atoms with Crippen LogP contribution in [0.2, 0.25) is 0 Å². The fourth-order valence-corrected chi connectivity index (χ4v) is 2.98. The van der Waals surface area contributed by atoms with Gasteiger partial charge in [-0.25, -0.2) is 0 Å². The Morgan fingerprint density at radius 1 is 1.45 bits per heavy atom. The van der Waals surface area contributed by atoms with Crippen molar-refractivity contribution in [2.45, 2.75) is 32.8 Å². The number of amides is 1. The first-order valence-electron chi connectivity index (χ1n) is 6.49. The zero-order chi connectivity index (χ0) is 14.3. The van der Waals surface area contributed by atoms with Gasteiger partial charge in [0.15, 0.2) is 0 Å². The molecule has 0 saturated heterocycles. The Hall–Kier alpha value is -1.88. The van der Waals surface area contributed by atoms with Crippen molar-refractivity contribution in [1.29, 1.82) is 0 Å². The van der Waals surface area contributed by atoms with Crippen molar-refractivity contribution in [2.24, 2.45) is 0 Å². The largest absolute Gasteiger partial charge is 0.487 e. The Morgan fingerprint density at radius 2 is 2.25 bits per heavy atom. The maximum absolute atomic E-state index is 12.2. The molecule has 104 valence electrons. The molecular formula is C15H16N2O2S. The second-order valence-corrected chi connectivity index (χ2v) is 6.26. The molecule has 0 aliphatic carbocycles. The molecule has 20 heavy (non-hydrogen) atoms. The lowest BCUT2D eigenvalue weighted by atomic mass is 10.0. The minimum absolute atomic E-state index is 0.135. The molecule has 4 nitrogen and oxygen atoms in total. The third-order valence-corrected chi connectivity index (χ3v) is 4.05. The van der Waals surface area contributed by atoms with E-state index in [0.29, 0.717) is 5.56 Å². The second kappa shape index (κ2) is 4.59. The summed E-state index contributed by atoms with van der Waals surface area (Å²) in [5.41, 5.74) is 3.17. The van der Waals surface area contributed by atoms with Gasteiger partial charge in [-0.1, -0.05) is 6.07 Å². The van der Waals surface area contributed by atoms with E-state index >= 15 is 0 Å². The maximum atomic E-state index is 12.2. The number of hydrogen-bond acceptors (Lipinski definition) is 4. The summed E-state index contributed by atoms with van der Waals surface area (Å²) in [6.07, 6.45) is 0.873. The van der Waals surface area contributed by atoms with Crippen LogP contribution in [0.25, 0.3) is 0 Å². The molecule has 1 aliphatic rings. The summed E-state index contributed by atoms with van der Waals surface area (Å²) in [5.74, 6) is 0.673. The summed E-state index contributed by atoms with van der Waals surface area (Å²) in [4.78, 5) is 12.2. The monoisotopic (exact) mass is 288 g/mol. The molecule has 0 radical (unpaired) electrons. The molecule has 1 N–H and O–H groups in total. The Bertz CT molecular complexity index is 676. The SMILES string of the molecule is Cc1nscc1NC(=O)c1ccc2c(c1)OC(C)(C)C2. The number of fused-ring (bicyclic) bond motifs is 1. The highest BCUT2D eigenvalue weighted by molar-refractivity contribution is 7.04. The van der Waals surface area contributed by atoms with Crippen molar-refractivity contribution in [3.05, 3.63) is 40.4 Å². The van der Waals surface area contributed by atoms with Crippen molar-refractivity contribution in [3.8, 4) is 5.75 Å². The van der Waals surface area contributed by atoms with Crippen LogP contribution in [0.1, 0.15) is 35.5 Å². The number of nitrogens with one attached hydrogen (secondary N) is 1. The number of hydrogen-bond donors (Lipinski definition) is 1. The number of nitrogens with zero attached hydrogens (tertiary/aromatic N) is 1. The van der Waals surface area contributed by atoms with Crippen LogP contribution in [-0.2, 0) is 6.42 Å². The minimum atomic E-state index is -0.189. The maximum Gasteiger partial charge on any atom is 0.255 e. The summed E-state index contributed by atoms with van der Waals surface area (Å²) in [6, 6.07) is 5.63. The highest BCUT2D eigenvalue weighted by atomic mass is 32.1. The summed E-state index contributed by atoms with van der Waals surface area (Å²) >= 11 is 1.33. The number of ether oxygens (including phenoxy) is 1. The first-order chi connectivity index (χ1) is 9.44.